The van der Waals surface area contributed by atoms with Gasteiger partial charge in [-0.15, -0.1) is 23.8 Å². The maximum Gasteiger partial charge on any atom is 3.00 e. The quantitative estimate of drug-likeness (QED) is 0.405. The summed E-state index contributed by atoms with van der Waals surface area (Å²) in [6, 6.07) is 5.09. The molecular formula is C25H35F2Y+2. The maximum atomic E-state index is 13.5. The third-order valence-corrected chi connectivity index (χ3v) is 8.28. The van der Waals surface area contributed by atoms with Crippen molar-refractivity contribution in [2.75, 3.05) is 0 Å². The molecule has 28 heavy (non-hydrogen) atoms. The largest absolute Gasteiger partial charge is 3.00 e. The van der Waals surface area contributed by atoms with Crippen LogP contribution in [0.1, 0.15) is 95.5 Å². The van der Waals surface area contributed by atoms with Gasteiger partial charge in [0.15, 0.2) is 0 Å². The third kappa shape index (κ3) is 5.66. The normalized spacial score (nSPS) is 36.5. The van der Waals surface area contributed by atoms with Gasteiger partial charge in [0.2, 0.25) is 0 Å². The predicted octanol–water partition coefficient (Wildman–Crippen LogP) is 7.67. The van der Waals surface area contributed by atoms with E-state index >= 15 is 0 Å². The summed E-state index contributed by atoms with van der Waals surface area (Å²) in [5, 5.41) is 0. The van der Waals surface area contributed by atoms with Crippen LogP contribution in [-0.2, 0) is 32.7 Å². The van der Waals surface area contributed by atoms with Crippen LogP contribution in [0.5, 0.6) is 0 Å². The minimum Gasteiger partial charge on any atom is -0.236 e. The Labute approximate surface area is 195 Å². The Morgan fingerprint density at radius 2 is 1.00 bits per heavy atom. The van der Waals surface area contributed by atoms with Crippen LogP contribution < -0.4 is 0 Å². The summed E-state index contributed by atoms with van der Waals surface area (Å²) in [6.45, 7) is 2.42. The van der Waals surface area contributed by atoms with Gasteiger partial charge in [0.25, 0.3) is 0 Å². The van der Waals surface area contributed by atoms with E-state index in [1.54, 1.807) is 0 Å². The second-order valence-electron chi connectivity index (χ2n) is 9.92. The molecule has 4 rings (SSSR count). The number of benzene rings is 1. The van der Waals surface area contributed by atoms with Gasteiger partial charge in [-0.25, -0.2) is 8.78 Å². The summed E-state index contributed by atoms with van der Waals surface area (Å²) < 4.78 is 26.9. The average Bonchev–Trinajstić information content (AvgIpc) is 2.68. The molecule has 0 spiro atoms. The van der Waals surface area contributed by atoms with Crippen molar-refractivity contribution < 1.29 is 41.5 Å². The fourth-order valence-electron chi connectivity index (χ4n) is 6.53. The molecule has 0 atom stereocenters. The summed E-state index contributed by atoms with van der Waals surface area (Å²) in [5.74, 6) is 3.94. The van der Waals surface area contributed by atoms with Crippen LogP contribution in [0.25, 0.3) is 0 Å². The Hall–Kier alpha value is 0.184. The molecule has 0 unspecified atom stereocenters. The first-order chi connectivity index (χ1) is 13.1. The van der Waals surface area contributed by atoms with Crippen molar-refractivity contribution in [1.29, 1.82) is 0 Å². The summed E-state index contributed by atoms with van der Waals surface area (Å²) in [6.07, 6.45) is 16.3. The van der Waals surface area contributed by atoms with Crippen molar-refractivity contribution in [2.24, 2.45) is 29.6 Å². The minimum atomic E-state index is -0.553. The van der Waals surface area contributed by atoms with Gasteiger partial charge in [-0.05, 0) is 99.7 Å². The van der Waals surface area contributed by atoms with Gasteiger partial charge in [0.1, 0.15) is 0 Å². The van der Waals surface area contributed by atoms with E-state index in [9.17, 15) is 8.78 Å². The molecule has 0 radical (unpaired) electrons. The van der Waals surface area contributed by atoms with Gasteiger partial charge in [-0.2, -0.15) is 0 Å². The molecule has 0 heterocycles. The van der Waals surface area contributed by atoms with Gasteiger partial charge in [0, 0.05) is 11.6 Å². The molecule has 3 saturated carbocycles. The third-order valence-electron chi connectivity index (χ3n) is 8.28. The van der Waals surface area contributed by atoms with E-state index < -0.39 is 11.6 Å². The standard InChI is InChI=1S/C25H35F2.Y/c1-17-2-4-18(5-3-17)19-6-8-20(9-7-19)21-10-12-22(13-11-21)23-14-24(26)16-25(27)15-23;/h14-15,17-22H,2-13H2,1H3;/q-1;+3. The summed E-state index contributed by atoms with van der Waals surface area (Å²) >= 11 is 0. The predicted molar refractivity (Wildman–Crippen MR) is 106 cm³/mol. The smallest absolute Gasteiger partial charge is 0.236 e. The van der Waals surface area contributed by atoms with Crippen LogP contribution in [-0.4, -0.2) is 0 Å². The molecule has 1 aromatic carbocycles. The van der Waals surface area contributed by atoms with Gasteiger partial charge in [0.05, 0.1) is 0 Å². The monoisotopic (exact) mass is 462 g/mol. The maximum absolute atomic E-state index is 13.5. The second kappa shape index (κ2) is 10.5. The van der Waals surface area contributed by atoms with Crippen LogP contribution in [0.4, 0.5) is 8.78 Å². The molecule has 0 nitrogen and oxygen atoms in total. The van der Waals surface area contributed by atoms with Gasteiger partial charge >= 0.3 is 32.7 Å². The molecule has 0 amide bonds. The van der Waals surface area contributed by atoms with E-state index in [0.29, 0.717) is 5.92 Å². The van der Waals surface area contributed by atoms with Crippen molar-refractivity contribution in [3.8, 4) is 0 Å². The second-order valence-corrected chi connectivity index (χ2v) is 9.92. The summed E-state index contributed by atoms with van der Waals surface area (Å²) in [7, 11) is 0. The van der Waals surface area contributed by atoms with Gasteiger partial charge < -0.3 is 0 Å². The molecule has 3 heteroatoms. The Bertz CT molecular complexity index is 587. The fourth-order valence-corrected chi connectivity index (χ4v) is 6.53. The zero-order valence-electron chi connectivity index (χ0n) is 17.4. The SMILES string of the molecule is CC1CCC(C2CCC(C3CCC(c4cc(F)[c-]c(F)c4)CC3)CC2)CC1.[Y+3]. The van der Waals surface area contributed by atoms with E-state index in [-0.39, 0.29) is 32.7 Å². The molecule has 1 aromatic rings. The molecule has 0 N–H and O–H groups in total. The first kappa shape index (κ1) is 22.9. The summed E-state index contributed by atoms with van der Waals surface area (Å²) in [5.41, 5.74) is 0.845. The van der Waals surface area contributed by atoms with Crippen molar-refractivity contribution >= 4 is 0 Å². The molecule has 3 fully saturated rings. The zero-order valence-corrected chi connectivity index (χ0v) is 20.3. The fraction of sp³-hybridized carbons (Fsp3) is 0.760. The van der Waals surface area contributed by atoms with Crippen LogP contribution in [0, 0.1) is 47.3 Å². The molecule has 3 aliphatic carbocycles. The molecule has 0 bridgehead atoms. The van der Waals surface area contributed by atoms with Crippen LogP contribution in [0.3, 0.4) is 0 Å². The average molecular weight is 462 g/mol. The van der Waals surface area contributed by atoms with E-state index in [1.807, 2.05) is 0 Å². The molecular weight excluding hydrogens is 427 g/mol. The number of halogens is 2. The van der Waals surface area contributed by atoms with Crippen LogP contribution in [0.2, 0.25) is 0 Å². The summed E-state index contributed by atoms with van der Waals surface area (Å²) in [4.78, 5) is 0. The molecule has 0 aromatic heterocycles. The molecule has 0 aliphatic heterocycles. The van der Waals surface area contributed by atoms with Crippen molar-refractivity contribution in [3.05, 3.63) is 35.4 Å². The first-order valence-corrected chi connectivity index (χ1v) is 11.5. The number of hydrogen-bond acceptors (Lipinski definition) is 0. The Morgan fingerprint density at radius 3 is 1.43 bits per heavy atom. The Kier molecular flexibility index (Phi) is 8.55. The molecule has 150 valence electrons. The van der Waals surface area contributed by atoms with Crippen molar-refractivity contribution in [3.63, 3.8) is 0 Å². The Balaban J connectivity index is 0.00000225. The van der Waals surface area contributed by atoms with Crippen LogP contribution >= 0.6 is 0 Å². The number of rotatable bonds is 3. The minimum absolute atomic E-state index is 0. The van der Waals surface area contributed by atoms with Crippen molar-refractivity contribution in [1.82, 2.24) is 0 Å². The zero-order chi connectivity index (χ0) is 18.8. The first-order valence-electron chi connectivity index (χ1n) is 11.5. The van der Waals surface area contributed by atoms with Gasteiger partial charge in [-0.1, -0.05) is 19.8 Å². The molecule has 0 saturated heterocycles. The van der Waals surface area contributed by atoms with E-state index in [0.717, 1.165) is 48.0 Å². The van der Waals surface area contributed by atoms with Gasteiger partial charge in [-0.3, -0.25) is 0 Å². The van der Waals surface area contributed by atoms with E-state index in [1.165, 1.54) is 76.3 Å². The van der Waals surface area contributed by atoms with E-state index in [2.05, 4.69) is 13.0 Å². The number of hydrogen-bond donors (Lipinski definition) is 0. The topological polar surface area (TPSA) is 0 Å². The van der Waals surface area contributed by atoms with Crippen molar-refractivity contribution in [2.45, 2.75) is 89.9 Å². The molecule has 3 aliphatic rings. The van der Waals surface area contributed by atoms with Crippen LogP contribution in [0.15, 0.2) is 12.1 Å². The van der Waals surface area contributed by atoms with E-state index in [4.69, 9.17) is 0 Å². The Morgan fingerprint density at radius 1 is 0.643 bits per heavy atom.